The van der Waals surface area contributed by atoms with Crippen LogP contribution in [0.2, 0.25) is 0 Å². The Morgan fingerprint density at radius 3 is 2.20 bits per heavy atom. The molecule has 0 radical (unpaired) electrons. The zero-order chi connectivity index (χ0) is 23.9. The van der Waals surface area contributed by atoms with Crippen molar-refractivity contribution < 1.29 is 0 Å². The van der Waals surface area contributed by atoms with Crippen LogP contribution in [-0.4, -0.2) is 11.8 Å². The van der Waals surface area contributed by atoms with E-state index in [1.54, 1.807) is 0 Å². The predicted octanol–water partition coefficient (Wildman–Crippen LogP) is 7.90. The number of anilines is 3. The van der Waals surface area contributed by atoms with E-state index in [2.05, 4.69) is 130 Å². The van der Waals surface area contributed by atoms with Gasteiger partial charge in [0.15, 0.2) is 0 Å². The number of hydrogen-bond donors (Lipinski definition) is 0. The molecule has 3 aromatic rings. The van der Waals surface area contributed by atoms with Crippen molar-refractivity contribution in [3.05, 3.63) is 125 Å². The summed E-state index contributed by atoms with van der Waals surface area (Å²) in [5.74, 6) is 0.372. The highest BCUT2D eigenvalue weighted by atomic mass is 15.2. The Bertz CT molecular complexity index is 1510. The third-order valence-electron chi connectivity index (χ3n) is 8.54. The number of dihydropyridines is 1. The van der Waals surface area contributed by atoms with Crippen molar-refractivity contribution in [2.45, 2.75) is 44.6 Å². The Labute approximate surface area is 208 Å². The molecule has 4 aliphatic rings. The Balaban J connectivity index is 1.44. The highest BCUT2D eigenvalue weighted by Crippen LogP contribution is 2.59. The lowest BCUT2D eigenvalue weighted by molar-refractivity contribution is 0.597. The van der Waals surface area contributed by atoms with Gasteiger partial charge in [-0.25, -0.2) is 0 Å². The summed E-state index contributed by atoms with van der Waals surface area (Å²) in [6, 6.07) is 23.0. The van der Waals surface area contributed by atoms with Gasteiger partial charge in [-0.2, -0.15) is 0 Å². The highest BCUT2D eigenvalue weighted by molar-refractivity contribution is 6.10. The van der Waals surface area contributed by atoms with Crippen LogP contribution in [0.1, 0.15) is 55.5 Å². The number of benzene rings is 3. The Hall–Kier alpha value is -3.65. The smallest absolute Gasteiger partial charge is 0.0787 e. The SMILES string of the molecule is CC1(C)c2ccccc2N2c3ccc(C4=NC5C=CC=CC5C=C4)cc3C(C)(C)c3cccc1c32. The molecule has 0 fully saturated rings. The third kappa shape index (κ3) is 2.74. The van der Waals surface area contributed by atoms with E-state index in [1.165, 1.54) is 44.9 Å². The van der Waals surface area contributed by atoms with Crippen LogP contribution >= 0.6 is 0 Å². The molecular weight excluding hydrogens is 424 g/mol. The first kappa shape index (κ1) is 20.7. The van der Waals surface area contributed by atoms with Crippen molar-refractivity contribution in [1.82, 2.24) is 0 Å². The first-order valence-corrected chi connectivity index (χ1v) is 12.7. The van der Waals surface area contributed by atoms with Crippen LogP contribution < -0.4 is 4.90 Å². The zero-order valence-corrected chi connectivity index (χ0v) is 20.8. The molecule has 2 atom stereocenters. The molecule has 7 rings (SSSR count). The van der Waals surface area contributed by atoms with E-state index in [0.29, 0.717) is 5.92 Å². The second-order valence-electron chi connectivity index (χ2n) is 11.2. The molecule has 172 valence electrons. The van der Waals surface area contributed by atoms with Gasteiger partial charge in [0.1, 0.15) is 0 Å². The lowest BCUT2D eigenvalue weighted by atomic mass is 9.66. The van der Waals surface area contributed by atoms with Crippen molar-refractivity contribution in [3.63, 3.8) is 0 Å². The van der Waals surface area contributed by atoms with Crippen LogP contribution in [0.5, 0.6) is 0 Å². The van der Waals surface area contributed by atoms with Gasteiger partial charge in [-0.05, 0) is 46.5 Å². The van der Waals surface area contributed by atoms with Crippen LogP contribution in [0, 0.1) is 5.92 Å². The fourth-order valence-corrected chi connectivity index (χ4v) is 6.54. The number of fused-ring (bicyclic) bond motifs is 5. The maximum absolute atomic E-state index is 5.11. The summed E-state index contributed by atoms with van der Waals surface area (Å²) < 4.78 is 0. The second-order valence-corrected chi connectivity index (χ2v) is 11.2. The molecule has 2 heteroatoms. The molecule has 0 bridgehead atoms. The molecule has 0 N–H and O–H groups in total. The summed E-state index contributed by atoms with van der Waals surface area (Å²) >= 11 is 0. The van der Waals surface area contributed by atoms with Gasteiger partial charge in [-0.15, -0.1) is 0 Å². The normalized spacial score (nSPS) is 23.7. The van der Waals surface area contributed by atoms with Gasteiger partial charge in [0.25, 0.3) is 0 Å². The minimum Gasteiger partial charge on any atom is -0.309 e. The molecular formula is C33H30N2. The molecule has 0 saturated heterocycles. The molecule has 0 amide bonds. The Morgan fingerprint density at radius 2 is 1.37 bits per heavy atom. The molecule has 35 heavy (non-hydrogen) atoms. The fraction of sp³-hybridized carbons (Fsp3) is 0.242. The van der Waals surface area contributed by atoms with Crippen LogP contribution in [-0.2, 0) is 10.8 Å². The maximum Gasteiger partial charge on any atom is 0.0787 e. The first-order valence-electron chi connectivity index (χ1n) is 12.7. The molecule has 0 spiro atoms. The second kappa shape index (κ2) is 6.95. The van der Waals surface area contributed by atoms with Crippen molar-refractivity contribution >= 4 is 22.8 Å². The first-order chi connectivity index (χ1) is 16.9. The monoisotopic (exact) mass is 454 g/mol. The molecule has 3 heterocycles. The lowest BCUT2D eigenvalue weighted by Gasteiger charge is -2.49. The van der Waals surface area contributed by atoms with Crippen molar-refractivity contribution in [2.75, 3.05) is 4.90 Å². The molecule has 0 aromatic heterocycles. The van der Waals surface area contributed by atoms with E-state index in [0.717, 1.165) is 5.71 Å². The predicted molar refractivity (Wildman–Crippen MR) is 147 cm³/mol. The van der Waals surface area contributed by atoms with E-state index >= 15 is 0 Å². The molecule has 1 aliphatic carbocycles. The van der Waals surface area contributed by atoms with Crippen molar-refractivity contribution in [3.8, 4) is 0 Å². The van der Waals surface area contributed by atoms with Crippen LogP contribution in [0.4, 0.5) is 17.1 Å². The summed E-state index contributed by atoms with van der Waals surface area (Å²) in [5.41, 5.74) is 11.6. The molecule has 2 unspecified atom stereocenters. The van der Waals surface area contributed by atoms with Gasteiger partial charge in [0.2, 0.25) is 0 Å². The number of nitrogens with zero attached hydrogens (tertiary/aromatic N) is 2. The van der Waals surface area contributed by atoms with Crippen LogP contribution in [0.3, 0.4) is 0 Å². The standard InChI is InChI=1S/C33H30N2/c1-32(2)23-11-6-8-15-29(23)35-30-19-17-22(28-18-16-21-10-5-7-14-27(21)34-28)20-26(30)33(3,4)25-13-9-12-24(32)31(25)35/h5-21,27H,1-4H3. The molecule has 0 saturated carbocycles. The van der Waals surface area contributed by atoms with Gasteiger partial charge in [-0.3, -0.25) is 4.99 Å². The van der Waals surface area contributed by atoms with E-state index in [-0.39, 0.29) is 16.9 Å². The van der Waals surface area contributed by atoms with Gasteiger partial charge in [0.05, 0.1) is 28.8 Å². The summed E-state index contributed by atoms with van der Waals surface area (Å²) in [4.78, 5) is 7.63. The molecule has 2 nitrogen and oxygen atoms in total. The Kier molecular flexibility index (Phi) is 4.11. The van der Waals surface area contributed by atoms with Gasteiger partial charge in [-0.1, -0.05) is 101 Å². The summed E-state index contributed by atoms with van der Waals surface area (Å²) in [6.45, 7) is 9.47. The Morgan fingerprint density at radius 1 is 0.686 bits per heavy atom. The minimum atomic E-state index is -0.121. The van der Waals surface area contributed by atoms with Gasteiger partial charge in [0, 0.05) is 22.3 Å². The number of aliphatic imine (C=N–C) groups is 1. The summed E-state index contributed by atoms with van der Waals surface area (Å²) in [6.07, 6.45) is 13.2. The number of rotatable bonds is 1. The highest BCUT2D eigenvalue weighted by Gasteiger charge is 2.45. The van der Waals surface area contributed by atoms with Gasteiger partial charge >= 0.3 is 0 Å². The van der Waals surface area contributed by atoms with E-state index in [9.17, 15) is 0 Å². The van der Waals surface area contributed by atoms with Crippen molar-refractivity contribution in [1.29, 1.82) is 0 Å². The zero-order valence-electron chi connectivity index (χ0n) is 20.8. The van der Waals surface area contributed by atoms with Crippen molar-refractivity contribution in [2.24, 2.45) is 10.9 Å². The van der Waals surface area contributed by atoms with Gasteiger partial charge < -0.3 is 4.90 Å². The summed E-state index contributed by atoms with van der Waals surface area (Å²) in [5, 5.41) is 0. The number of hydrogen-bond acceptors (Lipinski definition) is 2. The maximum atomic E-state index is 5.11. The fourth-order valence-electron chi connectivity index (χ4n) is 6.54. The largest absolute Gasteiger partial charge is 0.309 e. The molecule has 3 aliphatic heterocycles. The minimum absolute atomic E-state index is 0.0495. The number of para-hydroxylation sites is 2. The van der Waals surface area contributed by atoms with E-state index in [4.69, 9.17) is 4.99 Å². The lowest BCUT2D eigenvalue weighted by Crippen LogP contribution is -2.38. The average Bonchev–Trinajstić information content (AvgIpc) is 2.88. The third-order valence-corrected chi connectivity index (χ3v) is 8.54. The quantitative estimate of drug-likeness (QED) is 0.365. The average molecular weight is 455 g/mol. The topological polar surface area (TPSA) is 15.6 Å². The van der Waals surface area contributed by atoms with Crippen LogP contribution in [0.15, 0.2) is 102 Å². The van der Waals surface area contributed by atoms with E-state index < -0.39 is 0 Å². The number of allylic oxidation sites excluding steroid dienone is 3. The summed E-state index contributed by atoms with van der Waals surface area (Å²) in [7, 11) is 0. The molecule has 3 aromatic carbocycles. The van der Waals surface area contributed by atoms with Crippen LogP contribution in [0.25, 0.3) is 0 Å². The van der Waals surface area contributed by atoms with E-state index in [1.807, 2.05) is 0 Å².